The second-order valence-electron chi connectivity index (χ2n) is 5.34. The largest absolute Gasteiger partial charge is 0.480 e. The van der Waals surface area contributed by atoms with E-state index in [2.05, 4.69) is 5.32 Å². The van der Waals surface area contributed by atoms with Gasteiger partial charge in [0.15, 0.2) is 0 Å². The lowest BCUT2D eigenvalue weighted by Gasteiger charge is -2.19. The predicted octanol–water partition coefficient (Wildman–Crippen LogP) is 2.47. The van der Waals surface area contributed by atoms with E-state index in [-0.39, 0.29) is 18.4 Å². The Morgan fingerprint density at radius 3 is 2.32 bits per heavy atom. The fourth-order valence-corrected chi connectivity index (χ4v) is 2.20. The molecular formula is C14H13F4NO3. The van der Waals surface area contributed by atoms with E-state index in [1.54, 1.807) is 0 Å². The van der Waals surface area contributed by atoms with Crippen molar-refractivity contribution < 1.29 is 32.3 Å². The molecular weight excluding hydrogens is 306 g/mol. The number of benzene rings is 1. The maximum absolute atomic E-state index is 13.4. The lowest BCUT2D eigenvalue weighted by molar-refractivity contribution is -0.141. The third-order valence-corrected chi connectivity index (χ3v) is 3.68. The van der Waals surface area contributed by atoms with Crippen LogP contribution in [0.4, 0.5) is 17.6 Å². The minimum absolute atomic E-state index is 0.0880. The number of aliphatic carboxylic acids is 1. The maximum Gasteiger partial charge on any atom is 0.416 e. The summed E-state index contributed by atoms with van der Waals surface area (Å²) >= 11 is 0. The number of alkyl halides is 3. The highest BCUT2D eigenvalue weighted by molar-refractivity contribution is 5.93. The highest BCUT2D eigenvalue weighted by Crippen LogP contribution is 2.49. The van der Waals surface area contributed by atoms with E-state index in [1.807, 2.05) is 0 Å². The van der Waals surface area contributed by atoms with E-state index >= 15 is 0 Å². The van der Waals surface area contributed by atoms with Gasteiger partial charge < -0.3 is 10.4 Å². The van der Waals surface area contributed by atoms with Crippen LogP contribution in [-0.4, -0.2) is 23.0 Å². The van der Waals surface area contributed by atoms with Crippen molar-refractivity contribution in [2.75, 3.05) is 0 Å². The summed E-state index contributed by atoms with van der Waals surface area (Å²) < 4.78 is 51.6. The number of rotatable bonds is 4. The molecule has 1 fully saturated rings. The van der Waals surface area contributed by atoms with Gasteiger partial charge in [0.2, 0.25) is 5.91 Å². The molecule has 0 bridgehead atoms. The van der Waals surface area contributed by atoms with Gasteiger partial charge in [-0.05, 0) is 43.5 Å². The molecule has 4 nitrogen and oxygen atoms in total. The van der Waals surface area contributed by atoms with Crippen LogP contribution in [0.1, 0.15) is 30.9 Å². The molecule has 1 atom stereocenters. The molecule has 2 N–H and O–H groups in total. The Hall–Kier alpha value is -2.12. The number of nitrogens with one attached hydrogen (secondary N) is 1. The Morgan fingerprint density at radius 1 is 1.27 bits per heavy atom. The summed E-state index contributed by atoms with van der Waals surface area (Å²) in [6.07, 6.45) is -4.24. The molecule has 120 valence electrons. The molecule has 0 heterocycles. The summed E-state index contributed by atoms with van der Waals surface area (Å²) in [4.78, 5) is 22.9. The highest BCUT2D eigenvalue weighted by Gasteiger charge is 2.52. The number of halogens is 4. The predicted molar refractivity (Wildman–Crippen MR) is 67.6 cm³/mol. The summed E-state index contributed by atoms with van der Waals surface area (Å²) in [6.45, 7) is 1.24. The van der Waals surface area contributed by atoms with Crippen molar-refractivity contribution in [3.8, 4) is 0 Å². The number of carboxylic acid groups (broad SMARTS) is 1. The fraction of sp³-hybridized carbons (Fsp3) is 0.429. The molecule has 1 saturated carbocycles. The molecule has 1 unspecified atom stereocenters. The molecule has 1 amide bonds. The van der Waals surface area contributed by atoms with E-state index in [1.165, 1.54) is 6.92 Å². The van der Waals surface area contributed by atoms with E-state index in [9.17, 15) is 27.2 Å². The first-order chi connectivity index (χ1) is 10.1. The van der Waals surface area contributed by atoms with Crippen LogP contribution >= 0.6 is 0 Å². The molecule has 0 radical (unpaired) electrons. The quantitative estimate of drug-likeness (QED) is 0.838. The molecule has 0 spiro atoms. The van der Waals surface area contributed by atoms with E-state index in [0.29, 0.717) is 6.07 Å². The zero-order chi connectivity index (χ0) is 16.7. The number of carbonyl (C=O) groups excluding carboxylic acids is 1. The van der Waals surface area contributed by atoms with Crippen LogP contribution in [0.5, 0.6) is 0 Å². The standard InChI is InChI=1S/C14H13F4NO3/c1-7(11(20)21)19-12(22)13(2-3-13)8-4-9(14(16,17)18)6-10(15)5-8/h4-7H,2-3H2,1H3,(H,19,22)(H,20,21). The summed E-state index contributed by atoms with van der Waals surface area (Å²) in [6, 6.07) is 0.798. The number of hydrogen-bond acceptors (Lipinski definition) is 2. The van der Waals surface area contributed by atoms with E-state index < -0.39 is 40.9 Å². The maximum atomic E-state index is 13.4. The van der Waals surface area contributed by atoms with Gasteiger partial charge in [-0.3, -0.25) is 9.59 Å². The monoisotopic (exact) mass is 319 g/mol. The topological polar surface area (TPSA) is 66.4 Å². The Morgan fingerprint density at radius 2 is 1.86 bits per heavy atom. The molecule has 0 aliphatic heterocycles. The zero-order valence-corrected chi connectivity index (χ0v) is 11.5. The second-order valence-corrected chi connectivity index (χ2v) is 5.34. The number of carboxylic acids is 1. The second kappa shape index (κ2) is 5.26. The molecule has 0 aromatic heterocycles. The van der Waals surface area contributed by atoms with Crippen LogP contribution in [0, 0.1) is 5.82 Å². The SMILES string of the molecule is CC(NC(=O)C1(c2cc(F)cc(C(F)(F)F)c2)CC1)C(=O)O. The molecule has 1 aliphatic rings. The van der Waals surface area contributed by atoms with E-state index in [0.717, 1.165) is 12.1 Å². The van der Waals surface area contributed by atoms with Gasteiger partial charge in [-0.15, -0.1) is 0 Å². The summed E-state index contributed by atoms with van der Waals surface area (Å²) in [7, 11) is 0. The summed E-state index contributed by atoms with van der Waals surface area (Å²) in [5, 5.41) is 11.0. The highest BCUT2D eigenvalue weighted by atomic mass is 19.4. The van der Waals surface area contributed by atoms with Crippen LogP contribution < -0.4 is 5.32 Å². The van der Waals surface area contributed by atoms with Gasteiger partial charge in [-0.1, -0.05) is 0 Å². The first kappa shape index (κ1) is 16.3. The first-order valence-corrected chi connectivity index (χ1v) is 6.48. The minimum atomic E-state index is -4.72. The smallest absolute Gasteiger partial charge is 0.416 e. The van der Waals surface area contributed by atoms with Crippen LogP contribution in [0.15, 0.2) is 18.2 Å². The van der Waals surface area contributed by atoms with Crippen molar-refractivity contribution in [1.82, 2.24) is 5.32 Å². The fourth-order valence-electron chi connectivity index (χ4n) is 2.20. The Bertz CT molecular complexity index is 623. The Kier molecular flexibility index (Phi) is 3.88. The first-order valence-electron chi connectivity index (χ1n) is 6.48. The minimum Gasteiger partial charge on any atom is -0.480 e. The molecule has 22 heavy (non-hydrogen) atoms. The van der Waals surface area contributed by atoms with Gasteiger partial charge >= 0.3 is 12.1 Å². The lowest BCUT2D eigenvalue weighted by atomic mass is 9.92. The van der Waals surface area contributed by atoms with Gasteiger partial charge in [-0.25, -0.2) is 4.39 Å². The van der Waals surface area contributed by atoms with Gasteiger partial charge in [0.25, 0.3) is 0 Å². The molecule has 8 heteroatoms. The lowest BCUT2D eigenvalue weighted by Crippen LogP contribution is -2.44. The number of hydrogen-bond donors (Lipinski definition) is 2. The van der Waals surface area contributed by atoms with Gasteiger partial charge in [-0.2, -0.15) is 13.2 Å². The van der Waals surface area contributed by atoms with Crippen LogP contribution in [-0.2, 0) is 21.2 Å². The van der Waals surface area contributed by atoms with Crippen molar-refractivity contribution in [2.45, 2.75) is 37.4 Å². The van der Waals surface area contributed by atoms with Crippen molar-refractivity contribution in [3.05, 3.63) is 35.1 Å². The van der Waals surface area contributed by atoms with E-state index in [4.69, 9.17) is 5.11 Å². The van der Waals surface area contributed by atoms with Crippen LogP contribution in [0.2, 0.25) is 0 Å². The van der Waals surface area contributed by atoms with Crippen molar-refractivity contribution >= 4 is 11.9 Å². The van der Waals surface area contributed by atoms with Crippen LogP contribution in [0.3, 0.4) is 0 Å². The Labute approximate surface area is 123 Å². The van der Waals surface area contributed by atoms with Crippen LogP contribution in [0.25, 0.3) is 0 Å². The molecule has 0 saturated heterocycles. The van der Waals surface area contributed by atoms with Gasteiger partial charge in [0, 0.05) is 0 Å². The zero-order valence-electron chi connectivity index (χ0n) is 11.5. The average Bonchev–Trinajstić information content (AvgIpc) is 3.18. The normalized spacial score (nSPS) is 17.7. The van der Waals surface area contributed by atoms with Crippen molar-refractivity contribution in [3.63, 3.8) is 0 Å². The third kappa shape index (κ3) is 3.05. The summed E-state index contributed by atoms with van der Waals surface area (Å²) in [5.41, 5.74) is -2.55. The summed E-state index contributed by atoms with van der Waals surface area (Å²) in [5.74, 6) is -3.06. The van der Waals surface area contributed by atoms with Crippen molar-refractivity contribution in [2.24, 2.45) is 0 Å². The third-order valence-electron chi connectivity index (χ3n) is 3.68. The molecule has 1 aliphatic carbocycles. The van der Waals surface area contributed by atoms with Gasteiger partial charge in [0.05, 0.1) is 11.0 Å². The molecule has 2 rings (SSSR count). The average molecular weight is 319 g/mol. The molecule has 1 aromatic carbocycles. The number of amides is 1. The molecule has 1 aromatic rings. The Balaban J connectivity index is 2.33. The number of carbonyl (C=O) groups is 2. The van der Waals surface area contributed by atoms with Crippen molar-refractivity contribution in [1.29, 1.82) is 0 Å². The van der Waals surface area contributed by atoms with Gasteiger partial charge in [0.1, 0.15) is 11.9 Å².